The Morgan fingerprint density at radius 3 is 2.79 bits per heavy atom. The Balaban J connectivity index is 2.32. The zero-order chi connectivity index (χ0) is 13.0. The normalized spacial score (nSPS) is 11.6. The summed E-state index contributed by atoms with van der Waals surface area (Å²) >= 11 is 3.50. The third kappa shape index (κ3) is 1.47. The van der Waals surface area contributed by atoms with Gasteiger partial charge in [0, 0.05) is 20.8 Å². The minimum atomic E-state index is 0.782. The van der Waals surface area contributed by atoms with Gasteiger partial charge in [-0.1, -0.05) is 34.1 Å². The molecule has 2 aliphatic heterocycles. The quantitative estimate of drug-likeness (QED) is 0.492. The number of halogens is 1. The molecule has 0 amide bonds. The maximum absolute atomic E-state index is 10.0. The Hall–Kier alpha value is -2.07. The molecule has 2 aromatic carbocycles. The summed E-state index contributed by atoms with van der Waals surface area (Å²) in [5, 5.41) is 12.1. The van der Waals surface area contributed by atoms with Crippen LogP contribution in [0.5, 0.6) is 0 Å². The van der Waals surface area contributed by atoms with Gasteiger partial charge >= 0.3 is 0 Å². The predicted molar refractivity (Wildman–Crippen MR) is 78.7 cm³/mol. The molecule has 2 heterocycles. The van der Waals surface area contributed by atoms with Crippen molar-refractivity contribution >= 4 is 37.7 Å². The van der Waals surface area contributed by atoms with E-state index in [0.29, 0.717) is 0 Å². The van der Waals surface area contributed by atoms with Crippen molar-refractivity contribution in [1.82, 2.24) is 9.71 Å². The first kappa shape index (κ1) is 10.8. The van der Waals surface area contributed by atoms with Crippen LogP contribution >= 0.6 is 15.9 Å². The molecule has 0 aliphatic carbocycles. The summed E-state index contributed by atoms with van der Waals surface area (Å²) in [5.41, 5.74) is 3.60. The van der Waals surface area contributed by atoms with E-state index < -0.39 is 0 Å². The van der Waals surface area contributed by atoms with Crippen LogP contribution in [-0.4, -0.2) is 14.9 Å². The summed E-state index contributed by atoms with van der Waals surface area (Å²) in [4.78, 5) is 4.57. The maximum atomic E-state index is 10.0. The minimum Gasteiger partial charge on any atom is -0.428 e. The molecule has 0 saturated heterocycles. The van der Waals surface area contributed by atoms with Gasteiger partial charge in [-0.2, -0.15) is 4.73 Å². The smallest absolute Gasteiger partial charge is 0.0920 e. The first-order chi connectivity index (χ1) is 9.24. The molecule has 4 heteroatoms. The average molecular weight is 313 g/mol. The lowest BCUT2D eigenvalue weighted by atomic mass is 10.0. The number of hydrogen-bond acceptors (Lipinski definition) is 2. The summed E-state index contributed by atoms with van der Waals surface area (Å²) in [6.45, 7) is 0. The fourth-order valence-electron chi connectivity index (χ4n) is 2.58. The Morgan fingerprint density at radius 2 is 1.89 bits per heavy atom. The molecule has 0 spiro atoms. The van der Waals surface area contributed by atoms with Gasteiger partial charge in [-0.3, -0.25) is 0 Å². The van der Waals surface area contributed by atoms with E-state index in [9.17, 15) is 5.21 Å². The molecule has 4 rings (SSSR count). The molecule has 0 bridgehead atoms. The number of benzene rings is 2. The van der Waals surface area contributed by atoms with Crippen molar-refractivity contribution < 1.29 is 5.21 Å². The van der Waals surface area contributed by atoms with Crippen LogP contribution in [0.2, 0.25) is 0 Å². The van der Waals surface area contributed by atoms with E-state index in [1.165, 1.54) is 0 Å². The van der Waals surface area contributed by atoms with Crippen LogP contribution in [0.1, 0.15) is 0 Å². The van der Waals surface area contributed by atoms with Crippen molar-refractivity contribution in [3.63, 3.8) is 0 Å². The number of aromatic nitrogens is 2. The highest BCUT2D eigenvalue weighted by Gasteiger charge is 2.17. The molecule has 92 valence electrons. The van der Waals surface area contributed by atoms with E-state index in [0.717, 1.165) is 42.3 Å². The summed E-state index contributed by atoms with van der Waals surface area (Å²) in [6.07, 6.45) is 1.66. The molecule has 2 aliphatic rings. The van der Waals surface area contributed by atoms with Crippen LogP contribution in [0.15, 0.2) is 53.1 Å². The minimum absolute atomic E-state index is 0.782. The second kappa shape index (κ2) is 3.71. The SMILES string of the molecule is On1cc2nc3ccc(Br)cc3c-2c2ccccc21. The molecule has 0 unspecified atom stereocenters. The Kier molecular flexibility index (Phi) is 2.11. The van der Waals surface area contributed by atoms with Gasteiger partial charge in [-0.15, -0.1) is 0 Å². The van der Waals surface area contributed by atoms with Gasteiger partial charge in [0.25, 0.3) is 0 Å². The largest absolute Gasteiger partial charge is 0.428 e. The van der Waals surface area contributed by atoms with Gasteiger partial charge in [-0.05, 0) is 24.3 Å². The van der Waals surface area contributed by atoms with E-state index in [-0.39, 0.29) is 0 Å². The lowest BCUT2D eigenvalue weighted by Crippen LogP contribution is -1.96. The van der Waals surface area contributed by atoms with Crippen molar-refractivity contribution in [2.75, 3.05) is 0 Å². The van der Waals surface area contributed by atoms with Gasteiger partial charge in [0.05, 0.1) is 22.9 Å². The summed E-state index contributed by atoms with van der Waals surface area (Å²) in [5.74, 6) is 0. The van der Waals surface area contributed by atoms with Crippen molar-refractivity contribution in [3.8, 4) is 11.3 Å². The van der Waals surface area contributed by atoms with Crippen molar-refractivity contribution in [3.05, 3.63) is 53.1 Å². The number of pyridine rings is 1. The molecular weight excluding hydrogens is 304 g/mol. The standard InChI is InChI=1S/C15H9BrN2O/c16-9-5-6-12-11(7-9)15-10-3-1-2-4-14(10)18(19)8-13(15)17-12/h1-8,19H. The van der Waals surface area contributed by atoms with Gasteiger partial charge in [-0.25, -0.2) is 4.98 Å². The topological polar surface area (TPSA) is 38.0 Å². The molecule has 0 saturated carbocycles. The lowest BCUT2D eigenvalue weighted by Gasteiger charge is -2.08. The Bertz CT molecular complexity index is 897. The van der Waals surface area contributed by atoms with E-state index in [1.807, 2.05) is 36.4 Å². The Morgan fingerprint density at radius 1 is 1.05 bits per heavy atom. The van der Waals surface area contributed by atoms with Gasteiger partial charge in [0.2, 0.25) is 0 Å². The fourth-order valence-corrected chi connectivity index (χ4v) is 2.94. The van der Waals surface area contributed by atoms with Crippen LogP contribution < -0.4 is 0 Å². The average Bonchev–Trinajstić information content (AvgIpc) is 2.76. The summed E-state index contributed by atoms with van der Waals surface area (Å²) in [6, 6.07) is 13.8. The van der Waals surface area contributed by atoms with E-state index in [1.54, 1.807) is 6.20 Å². The van der Waals surface area contributed by atoms with Crippen LogP contribution in [0.25, 0.3) is 33.1 Å². The fraction of sp³-hybridized carbons (Fsp3) is 0. The first-order valence-electron chi connectivity index (χ1n) is 5.92. The highest BCUT2D eigenvalue weighted by molar-refractivity contribution is 9.10. The molecule has 0 aromatic heterocycles. The van der Waals surface area contributed by atoms with Crippen LogP contribution in [0, 0.1) is 0 Å². The first-order valence-corrected chi connectivity index (χ1v) is 6.72. The molecular formula is C15H9BrN2O. The van der Waals surface area contributed by atoms with Crippen LogP contribution in [0.4, 0.5) is 0 Å². The number of fused-ring (bicyclic) bond motifs is 5. The molecule has 2 aromatic rings. The number of para-hydroxylation sites is 1. The zero-order valence-corrected chi connectivity index (χ0v) is 11.4. The van der Waals surface area contributed by atoms with Crippen LogP contribution in [0.3, 0.4) is 0 Å². The second-order valence-corrected chi connectivity index (χ2v) is 5.44. The summed E-state index contributed by atoms with van der Waals surface area (Å²) in [7, 11) is 0. The van der Waals surface area contributed by atoms with E-state index >= 15 is 0 Å². The third-order valence-electron chi connectivity index (χ3n) is 3.39. The highest BCUT2D eigenvalue weighted by Crippen LogP contribution is 2.37. The van der Waals surface area contributed by atoms with E-state index in [4.69, 9.17) is 0 Å². The number of nitrogens with zero attached hydrogens (tertiary/aromatic N) is 2. The number of rotatable bonds is 0. The molecule has 1 N–H and O–H groups in total. The maximum Gasteiger partial charge on any atom is 0.0920 e. The van der Waals surface area contributed by atoms with E-state index in [2.05, 4.69) is 27.0 Å². The molecule has 0 fully saturated rings. The molecule has 19 heavy (non-hydrogen) atoms. The van der Waals surface area contributed by atoms with Crippen molar-refractivity contribution in [2.24, 2.45) is 0 Å². The Labute approximate surface area is 117 Å². The molecule has 0 radical (unpaired) electrons. The van der Waals surface area contributed by atoms with Gasteiger partial charge in [0.15, 0.2) is 0 Å². The second-order valence-electron chi connectivity index (χ2n) is 4.52. The van der Waals surface area contributed by atoms with Gasteiger partial charge in [0.1, 0.15) is 0 Å². The highest BCUT2D eigenvalue weighted by atomic mass is 79.9. The lowest BCUT2D eigenvalue weighted by molar-refractivity contribution is 0.198. The monoisotopic (exact) mass is 312 g/mol. The molecule has 0 atom stereocenters. The zero-order valence-electron chi connectivity index (χ0n) is 9.84. The van der Waals surface area contributed by atoms with Crippen molar-refractivity contribution in [2.45, 2.75) is 0 Å². The third-order valence-corrected chi connectivity index (χ3v) is 3.88. The predicted octanol–water partition coefficient (Wildman–Crippen LogP) is 4.29. The van der Waals surface area contributed by atoms with Crippen molar-refractivity contribution in [1.29, 1.82) is 0 Å². The summed E-state index contributed by atoms with van der Waals surface area (Å²) < 4.78 is 2.16. The van der Waals surface area contributed by atoms with Crippen LogP contribution in [-0.2, 0) is 0 Å². The number of hydrogen-bond donors (Lipinski definition) is 1. The molecule has 3 nitrogen and oxygen atoms in total. The van der Waals surface area contributed by atoms with Gasteiger partial charge < -0.3 is 5.21 Å².